The number of hydrogen-bond donors (Lipinski definition) is 1. The Morgan fingerprint density at radius 2 is 2.06 bits per heavy atom. The molecular formula is C22H19BrN8O. The van der Waals surface area contributed by atoms with Crippen molar-refractivity contribution < 1.29 is 4.52 Å². The van der Waals surface area contributed by atoms with Gasteiger partial charge in [0.2, 0.25) is 5.89 Å². The predicted octanol–water partition coefficient (Wildman–Crippen LogP) is 3.97. The zero-order valence-corrected chi connectivity index (χ0v) is 18.8. The molecule has 6 rings (SSSR count). The second kappa shape index (κ2) is 7.27. The lowest BCUT2D eigenvalue weighted by Crippen LogP contribution is -2.22. The molecule has 1 atom stereocenters. The first-order valence-corrected chi connectivity index (χ1v) is 11.1. The first-order valence-electron chi connectivity index (χ1n) is 10.3. The van der Waals surface area contributed by atoms with Crippen LogP contribution in [-0.4, -0.2) is 42.8 Å². The maximum absolute atomic E-state index is 6.45. The van der Waals surface area contributed by atoms with Gasteiger partial charge < -0.3 is 15.2 Å². The number of aromatic nitrogens is 6. The average Bonchev–Trinajstić information content (AvgIpc) is 3.55. The lowest BCUT2D eigenvalue weighted by Gasteiger charge is -2.20. The van der Waals surface area contributed by atoms with Crippen molar-refractivity contribution in [2.24, 2.45) is 0 Å². The maximum atomic E-state index is 6.45. The van der Waals surface area contributed by atoms with Crippen molar-refractivity contribution in [3.8, 4) is 11.1 Å². The molecule has 9 nitrogen and oxygen atoms in total. The molecule has 0 aliphatic carbocycles. The topological polar surface area (TPSA) is 111 Å². The molecule has 1 aliphatic heterocycles. The number of halogens is 1. The quantitative estimate of drug-likeness (QED) is 0.404. The van der Waals surface area contributed by atoms with E-state index in [1.165, 1.54) is 0 Å². The number of pyridine rings is 1. The van der Waals surface area contributed by atoms with E-state index in [1.54, 1.807) is 10.7 Å². The zero-order valence-electron chi connectivity index (χ0n) is 17.2. The molecule has 0 spiro atoms. The molecule has 32 heavy (non-hydrogen) atoms. The second-order valence-corrected chi connectivity index (χ2v) is 8.75. The number of benzene rings is 1. The van der Waals surface area contributed by atoms with Crippen LogP contribution in [0.2, 0.25) is 0 Å². The fourth-order valence-corrected chi connectivity index (χ4v) is 4.75. The molecule has 0 saturated carbocycles. The van der Waals surface area contributed by atoms with Gasteiger partial charge in [0.05, 0.1) is 17.6 Å². The van der Waals surface area contributed by atoms with Crippen molar-refractivity contribution in [2.45, 2.75) is 19.3 Å². The van der Waals surface area contributed by atoms with Crippen molar-refractivity contribution in [3.05, 3.63) is 58.9 Å². The normalized spacial score (nSPS) is 16.4. The molecule has 0 amide bonds. The Labute approximate surface area is 191 Å². The minimum atomic E-state index is 0.163. The third-order valence-corrected chi connectivity index (χ3v) is 6.65. The largest absolute Gasteiger partial charge is 0.383 e. The van der Waals surface area contributed by atoms with Gasteiger partial charge in [0.1, 0.15) is 16.1 Å². The molecule has 1 fully saturated rings. The van der Waals surface area contributed by atoms with Gasteiger partial charge >= 0.3 is 0 Å². The Balaban J connectivity index is 1.42. The molecule has 1 aromatic carbocycles. The highest BCUT2D eigenvalue weighted by Crippen LogP contribution is 2.38. The SMILES string of the molecule is Cc1noc(C2CCN(c3nc4c(-c5cnc6ccccc6c5)cnn4c(N)c3Br)C2)n1. The van der Waals surface area contributed by atoms with Gasteiger partial charge in [-0.3, -0.25) is 4.98 Å². The molecule has 2 N–H and O–H groups in total. The zero-order chi connectivity index (χ0) is 21.8. The van der Waals surface area contributed by atoms with Crippen LogP contribution in [0.1, 0.15) is 24.1 Å². The average molecular weight is 491 g/mol. The highest BCUT2D eigenvalue weighted by molar-refractivity contribution is 9.10. The number of para-hydroxylation sites is 1. The number of rotatable bonds is 3. The third kappa shape index (κ3) is 3.01. The smallest absolute Gasteiger partial charge is 0.231 e. The van der Waals surface area contributed by atoms with E-state index >= 15 is 0 Å². The summed E-state index contributed by atoms with van der Waals surface area (Å²) in [7, 11) is 0. The first kappa shape index (κ1) is 19.2. The van der Waals surface area contributed by atoms with Gasteiger partial charge in [-0.1, -0.05) is 23.4 Å². The van der Waals surface area contributed by atoms with Gasteiger partial charge in [-0.2, -0.15) is 14.6 Å². The molecule has 1 aliphatic rings. The third-order valence-electron chi connectivity index (χ3n) is 5.89. The van der Waals surface area contributed by atoms with Crippen molar-refractivity contribution in [2.75, 3.05) is 23.7 Å². The van der Waals surface area contributed by atoms with Gasteiger partial charge in [0.15, 0.2) is 11.5 Å². The van der Waals surface area contributed by atoms with Crippen molar-refractivity contribution in [1.82, 2.24) is 29.7 Å². The summed E-state index contributed by atoms with van der Waals surface area (Å²) in [6, 6.07) is 10.1. The van der Waals surface area contributed by atoms with E-state index in [4.69, 9.17) is 15.2 Å². The lowest BCUT2D eigenvalue weighted by atomic mass is 10.1. The summed E-state index contributed by atoms with van der Waals surface area (Å²) in [6.45, 7) is 3.37. The van der Waals surface area contributed by atoms with Crippen LogP contribution < -0.4 is 10.6 Å². The number of anilines is 2. The van der Waals surface area contributed by atoms with Gasteiger partial charge in [-0.25, -0.2) is 4.98 Å². The first-order chi connectivity index (χ1) is 15.6. The molecule has 5 heterocycles. The van der Waals surface area contributed by atoms with E-state index in [2.05, 4.69) is 47.1 Å². The van der Waals surface area contributed by atoms with Gasteiger partial charge in [0.25, 0.3) is 0 Å². The fraction of sp³-hybridized carbons (Fsp3) is 0.227. The van der Waals surface area contributed by atoms with Crippen molar-refractivity contribution in [3.63, 3.8) is 0 Å². The van der Waals surface area contributed by atoms with Crippen LogP contribution in [0.3, 0.4) is 0 Å². The molecule has 5 aromatic rings. The molecule has 1 unspecified atom stereocenters. The van der Waals surface area contributed by atoms with Crippen molar-refractivity contribution in [1.29, 1.82) is 0 Å². The fourth-order valence-electron chi connectivity index (χ4n) is 4.25. The number of aryl methyl sites for hydroxylation is 1. The van der Waals surface area contributed by atoms with Crippen LogP contribution in [0.15, 0.2) is 51.7 Å². The predicted molar refractivity (Wildman–Crippen MR) is 124 cm³/mol. The van der Waals surface area contributed by atoms with E-state index in [1.807, 2.05) is 37.4 Å². The summed E-state index contributed by atoms with van der Waals surface area (Å²) in [5.41, 5.74) is 9.91. The lowest BCUT2D eigenvalue weighted by molar-refractivity contribution is 0.356. The molecular weight excluding hydrogens is 472 g/mol. The second-order valence-electron chi connectivity index (χ2n) is 7.96. The molecule has 1 saturated heterocycles. The van der Waals surface area contributed by atoms with E-state index in [-0.39, 0.29) is 5.92 Å². The highest BCUT2D eigenvalue weighted by Gasteiger charge is 2.31. The summed E-state index contributed by atoms with van der Waals surface area (Å²) in [6.07, 6.45) is 4.54. The number of hydrogen-bond acceptors (Lipinski definition) is 8. The Morgan fingerprint density at radius 1 is 1.19 bits per heavy atom. The van der Waals surface area contributed by atoms with Crippen LogP contribution in [-0.2, 0) is 0 Å². The van der Waals surface area contributed by atoms with Gasteiger partial charge in [-0.05, 0) is 41.4 Å². The maximum Gasteiger partial charge on any atom is 0.231 e. The molecule has 0 bridgehead atoms. The minimum Gasteiger partial charge on any atom is -0.383 e. The van der Waals surface area contributed by atoms with Crippen LogP contribution in [0.25, 0.3) is 27.7 Å². The molecule has 4 aromatic heterocycles. The Kier molecular flexibility index (Phi) is 4.35. The van der Waals surface area contributed by atoms with Crippen LogP contribution >= 0.6 is 15.9 Å². The Hall–Kier alpha value is -3.53. The summed E-state index contributed by atoms with van der Waals surface area (Å²) in [5.74, 6) is 2.77. The van der Waals surface area contributed by atoms with Crippen LogP contribution in [0.5, 0.6) is 0 Å². The number of nitrogen functional groups attached to an aromatic ring is 1. The van der Waals surface area contributed by atoms with E-state index < -0.39 is 0 Å². The monoisotopic (exact) mass is 490 g/mol. The number of nitrogens with zero attached hydrogens (tertiary/aromatic N) is 7. The summed E-state index contributed by atoms with van der Waals surface area (Å²) >= 11 is 3.64. The Morgan fingerprint density at radius 3 is 2.91 bits per heavy atom. The summed E-state index contributed by atoms with van der Waals surface area (Å²) in [5, 5.41) is 9.47. The van der Waals surface area contributed by atoms with Crippen molar-refractivity contribution >= 4 is 44.1 Å². The molecule has 160 valence electrons. The van der Waals surface area contributed by atoms with E-state index in [9.17, 15) is 0 Å². The summed E-state index contributed by atoms with van der Waals surface area (Å²) in [4.78, 5) is 16.2. The molecule has 10 heteroatoms. The summed E-state index contributed by atoms with van der Waals surface area (Å²) < 4.78 is 7.77. The number of fused-ring (bicyclic) bond motifs is 2. The van der Waals surface area contributed by atoms with Gasteiger partial charge in [-0.15, -0.1) is 0 Å². The standard InChI is InChI=1S/C22H19BrN8O/c1-12-27-22(32-29-12)14-6-7-30(11-14)21-18(23)19(24)31-20(28-21)16(10-26-31)15-8-13-4-2-3-5-17(13)25-9-15/h2-5,8-10,14H,6-7,11,24H2,1H3. The van der Waals surface area contributed by atoms with E-state index in [0.717, 1.165) is 51.8 Å². The highest BCUT2D eigenvalue weighted by atomic mass is 79.9. The number of nitrogens with two attached hydrogens (primary N) is 1. The molecule has 0 radical (unpaired) electrons. The van der Waals surface area contributed by atoms with Crippen LogP contribution in [0, 0.1) is 6.92 Å². The van der Waals surface area contributed by atoms with Crippen LogP contribution in [0.4, 0.5) is 11.6 Å². The van der Waals surface area contributed by atoms with Gasteiger partial charge in [0, 0.05) is 35.8 Å². The Bertz CT molecular complexity index is 1480. The van der Waals surface area contributed by atoms with E-state index in [0.29, 0.717) is 23.2 Å². The minimum absolute atomic E-state index is 0.163.